The highest BCUT2D eigenvalue weighted by Crippen LogP contribution is 2.26. The van der Waals surface area contributed by atoms with Gasteiger partial charge < -0.3 is 10.1 Å². The normalized spacial score (nSPS) is 11.1. The van der Waals surface area contributed by atoms with Gasteiger partial charge in [-0.3, -0.25) is 9.78 Å². The van der Waals surface area contributed by atoms with Crippen molar-refractivity contribution in [1.82, 2.24) is 4.98 Å². The van der Waals surface area contributed by atoms with Crippen LogP contribution in [0.3, 0.4) is 0 Å². The van der Waals surface area contributed by atoms with Crippen LogP contribution in [0.1, 0.15) is 19.5 Å². The van der Waals surface area contributed by atoms with Crippen molar-refractivity contribution in [3.05, 3.63) is 52.3 Å². The summed E-state index contributed by atoms with van der Waals surface area (Å²) in [5, 5.41) is 3.71. The Bertz CT molecular complexity index is 702. The van der Waals surface area contributed by atoms with E-state index in [9.17, 15) is 4.79 Å². The molecule has 0 aliphatic carbocycles. The van der Waals surface area contributed by atoms with E-state index >= 15 is 0 Å². The van der Waals surface area contributed by atoms with Crippen LogP contribution in [0.2, 0.25) is 10.0 Å². The van der Waals surface area contributed by atoms with E-state index in [0.29, 0.717) is 27.2 Å². The van der Waals surface area contributed by atoms with Gasteiger partial charge in [-0.25, -0.2) is 0 Å². The lowest BCUT2D eigenvalue weighted by Crippen LogP contribution is -2.42. The Balaban J connectivity index is 2.15. The Morgan fingerprint density at radius 2 is 2.00 bits per heavy atom. The maximum Gasteiger partial charge on any atom is 0.268 e. The first-order valence-electron chi connectivity index (χ1n) is 6.67. The molecule has 0 atom stereocenters. The highest BCUT2D eigenvalue weighted by atomic mass is 35.5. The Labute approximate surface area is 139 Å². The van der Waals surface area contributed by atoms with Gasteiger partial charge in [0.25, 0.3) is 5.91 Å². The molecule has 0 fully saturated rings. The number of ether oxygens (including phenoxy) is 1. The fourth-order valence-electron chi connectivity index (χ4n) is 1.79. The molecule has 4 nitrogen and oxygen atoms in total. The van der Waals surface area contributed by atoms with Gasteiger partial charge in [0.05, 0.1) is 16.4 Å². The van der Waals surface area contributed by atoms with Crippen molar-refractivity contribution in [2.45, 2.75) is 26.4 Å². The monoisotopic (exact) mass is 338 g/mol. The number of carbonyl (C=O) groups is 1. The maximum atomic E-state index is 12.4. The van der Waals surface area contributed by atoms with E-state index in [1.54, 1.807) is 57.3 Å². The third-order valence-corrected chi connectivity index (χ3v) is 3.74. The van der Waals surface area contributed by atoms with Crippen LogP contribution in [0.25, 0.3) is 0 Å². The molecule has 6 heteroatoms. The van der Waals surface area contributed by atoms with Crippen molar-refractivity contribution >= 4 is 34.8 Å². The molecule has 0 unspecified atom stereocenters. The number of aryl methyl sites for hydroxylation is 1. The smallest absolute Gasteiger partial charge is 0.268 e. The van der Waals surface area contributed by atoms with Crippen LogP contribution in [0.5, 0.6) is 5.75 Å². The molecule has 0 saturated heterocycles. The number of amides is 1. The molecule has 1 amide bonds. The second kappa shape index (κ2) is 6.55. The van der Waals surface area contributed by atoms with Gasteiger partial charge in [0.15, 0.2) is 5.60 Å². The molecule has 0 bridgehead atoms. The lowest BCUT2D eigenvalue weighted by atomic mass is 10.1. The number of aromatic nitrogens is 1. The van der Waals surface area contributed by atoms with Gasteiger partial charge in [0.1, 0.15) is 5.75 Å². The molecule has 1 aromatic carbocycles. The average molecular weight is 339 g/mol. The first kappa shape index (κ1) is 16.6. The number of nitrogens with zero attached hydrogens (tertiary/aromatic N) is 1. The molecule has 0 saturated carbocycles. The summed E-state index contributed by atoms with van der Waals surface area (Å²) in [5.41, 5.74) is 0.0560. The zero-order valence-corrected chi connectivity index (χ0v) is 14.0. The van der Waals surface area contributed by atoms with Crippen LogP contribution < -0.4 is 10.1 Å². The minimum Gasteiger partial charge on any atom is -0.478 e. The van der Waals surface area contributed by atoms with E-state index in [0.717, 1.165) is 0 Å². The number of halogens is 2. The van der Waals surface area contributed by atoms with Gasteiger partial charge in [-0.15, -0.1) is 0 Å². The van der Waals surface area contributed by atoms with E-state index in [-0.39, 0.29) is 5.91 Å². The van der Waals surface area contributed by atoms with Crippen LogP contribution >= 0.6 is 23.2 Å². The van der Waals surface area contributed by atoms with E-state index in [2.05, 4.69) is 10.3 Å². The largest absolute Gasteiger partial charge is 0.478 e. The number of anilines is 1. The summed E-state index contributed by atoms with van der Waals surface area (Å²) in [7, 11) is 0. The zero-order valence-electron chi connectivity index (χ0n) is 12.5. The van der Waals surface area contributed by atoms with Crippen LogP contribution in [-0.2, 0) is 4.79 Å². The van der Waals surface area contributed by atoms with Crippen molar-refractivity contribution in [1.29, 1.82) is 0 Å². The molecular formula is C16H16Cl2N2O2. The summed E-state index contributed by atoms with van der Waals surface area (Å²) in [4.78, 5) is 16.5. The molecule has 22 heavy (non-hydrogen) atoms. The van der Waals surface area contributed by atoms with E-state index in [4.69, 9.17) is 27.9 Å². The third kappa shape index (κ3) is 3.90. The number of rotatable bonds is 4. The molecule has 1 aromatic heterocycles. The van der Waals surface area contributed by atoms with Crippen LogP contribution in [0.15, 0.2) is 36.5 Å². The Kier molecular flexibility index (Phi) is 4.94. The SMILES string of the molecule is Cc1nccc(NC(=O)C(C)(C)Oc2cccc(Cl)c2)c1Cl. The molecule has 0 aliphatic heterocycles. The van der Waals surface area contributed by atoms with Gasteiger partial charge in [-0.2, -0.15) is 0 Å². The number of carbonyl (C=O) groups excluding carboxylic acids is 1. The highest BCUT2D eigenvalue weighted by molar-refractivity contribution is 6.34. The minimum absolute atomic E-state index is 0.319. The summed E-state index contributed by atoms with van der Waals surface area (Å²) < 4.78 is 5.73. The van der Waals surface area contributed by atoms with E-state index in [1.165, 1.54) is 0 Å². The topological polar surface area (TPSA) is 51.2 Å². The van der Waals surface area contributed by atoms with Gasteiger partial charge >= 0.3 is 0 Å². The van der Waals surface area contributed by atoms with Crippen LogP contribution in [-0.4, -0.2) is 16.5 Å². The second-order valence-corrected chi connectivity index (χ2v) is 6.10. The Morgan fingerprint density at radius 3 is 2.68 bits per heavy atom. The van der Waals surface area contributed by atoms with Crippen molar-refractivity contribution in [2.24, 2.45) is 0 Å². The molecule has 2 rings (SSSR count). The van der Waals surface area contributed by atoms with Gasteiger partial charge in [0, 0.05) is 11.2 Å². The second-order valence-electron chi connectivity index (χ2n) is 5.28. The predicted molar refractivity (Wildman–Crippen MR) is 88.8 cm³/mol. The molecule has 2 aromatic rings. The van der Waals surface area contributed by atoms with Gasteiger partial charge in [-0.1, -0.05) is 29.3 Å². The molecular weight excluding hydrogens is 323 g/mol. The molecule has 0 aliphatic rings. The summed E-state index contributed by atoms with van der Waals surface area (Å²) in [6, 6.07) is 8.53. The summed E-state index contributed by atoms with van der Waals surface area (Å²) in [6.45, 7) is 5.11. The quantitative estimate of drug-likeness (QED) is 0.893. The highest BCUT2D eigenvalue weighted by Gasteiger charge is 2.30. The lowest BCUT2D eigenvalue weighted by molar-refractivity contribution is -0.128. The third-order valence-electron chi connectivity index (χ3n) is 3.03. The van der Waals surface area contributed by atoms with Crippen molar-refractivity contribution in [3.63, 3.8) is 0 Å². The Morgan fingerprint density at radius 1 is 1.27 bits per heavy atom. The number of hydrogen-bond donors (Lipinski definition) is 1. The van der Waals surface area contributed by atoms with E-state index in [1.807, 2.05) is 0 Å². The molecule has 116 valence electrons. The van der Waals surface area contributed by atoms with Crippen molar-refractivity contribution in [3.8, 4) is 5.75 Å². The van der Waals surface area contributed by atoms with Crippen LogP contribution in [0, 0.1) is 6.92 Å². The fourth-order valence-corrected chi connectivity index (χ4v) is 2.13. The number of nitrogens with one attached hydrogen (secondary N) is 1. The maximum absolute atomic E-state index is 12.4. The number of pyridine rings is 1. The van der Waals surface area contributed by atoms with Gasteiger partial charge in [-0.05, 0) is 45.0 Å². The van der Waals surface area contributed by atoms with Crippen molar-refractivity contribution < 1.29 is 9.53 Å². The zero-order chi connectivity index (χ0) is 16.3. The molecule has 1 N–H and O–H groups in total. The number of benzene rings is 1. The molecule has 0 radical (unpaired) electrons. The van der Waals surface area contributed by atoms with Gasteiger partial charge in [0.2, 0.25) is 0 Å². The number of hydrogen-bond acceptors (Lipinski definition) is 3. The van der Waals surface area contributed by atoms with E-state index < -0.39 is 5.60 Å². The predicted octanol–water partition coefficient (Wildman–Crippen LogP) is 4.49. The lowest BCUT2D eigenvalue weighted by Gasteiger charge is -2.25. The Hall–Kier alpha value is -1.78. The standard InChI is InChI=1S/C16H16Cl2N2O2/c1-10-14(18)13(7-8-19-10)20-15(21)16(2,3)22-12-6-4-5-11(17)9-12/h4-9H,1-3H3,(H,19,20,21). The fraction of sp³-hybridized carbons (Fsp3) is 0.250. The summed E-state index contributed by atoms with van der Waals surface area (Å²) >= 11 is 12.0. The summed E-state index contributed by atoms with van der Waals surface area (Å²) in [5.74, 6) is 0.199. The van der Waals surface area contributed by atoms with Crippen LogP contribution in [0.4, 0.5) is 5.69 Å². The minimum atomic E-state index is -1.09. The first-order valence-corrected chi connectivity index (χ1v) is 7.42. The first-order chi connectivity index (χ1) is 10.3. The summed E-state index contributed by atoms with van der Waals surface area (Å²) in [6.07, 6.45) is 1.58. The van der Waals surface area contributed by atoms with Crippen molar-refractivity contribution in [2.75, 3.05) is 5.32 Å². The molecule has 0 spiro atoms. The average Bonchev–Trinajstić information content (AvgIpc) is 2.43. The molecule has 1 heterocycles.